The van der Waals surface area contributed by atoms with Gasteiger partial charge in [0, 0.05) is 25.7 Å². The fourth-order valence-electron chi connectivity index (χ4n) is 0.783. The fraction of sp³-hybridized carbons (Fsp3) is 0.500. The predicted molar refractivity (Wildman–Crippen MR) is 59.9 cm³/mol. The molecule has 0 atom stereocenters. The Bertz CT molecular complexity index is 387. The molecule has 0 saturated heterocycles. The van der Waals surface area contributed by atoms with Gasteiger partial charge in [-0.15, -0.1) is 0 Å². The minimum atomic E-state index is -1.72. The summed E-state index contributed by atoms with van der Waals surface area (Å²) in [6.07, 6.45) is -0.547. The second-order valence-electron chi connectivity index (χ2n) is 3.83. The van der Waals surface area contributed by atoms with E-state index >= 15 is 0 Å². The van der Waals surface area contributed by atoms with E-state index in [1.165, 1.54) is 13.8 Å². The first-order chi connectivity index (χ1) is 9.07. The molecule has 0 fully saturated rings. The Hall–Kier alpha value is -1.89. The van der Waals surface area contributed by atoms with E-state index in [1.54, 1.807) is 0 Å². The molecular formula is C12H14NiO8. The Morgan fingerprint density at radius 2 is 0.857 bits per heavy atom. The van der Waals surface area contributed by atoms with E-state index in [-0.39, 0.29) is 53.7 Å². The Morgan fingerprint density at radius 1 is 0.619 bits per heavy atom. The number of Topliss-reactive ketones (excluding diaryl/α,β-unsaturated/α-hetero) is 4. The van der Waals surface area contributed by atoms with Crippen LogP contribution in [0, 0.1) is 0 Å². The molecule has 0 aromatic heterocycles. The number of aliphatic carboxylic acids is 2. The van der Waals surface area contributed by atoms with Crippen LogP contribution in [0.4, 0.5) is 0 Å². The third-order valence-corrected chi connectivity index (χ3v) is 1.86. The van der Waals surface area contributed by atoms with Crippen LogP contribution in [0.25, 0.3) is 0 Å². The quantitative estimate of drug-likeness (QED) is 0.342. The van der Waals surface area contributed by atoms with Gasteiger partial charge in [-0.25, -0.2) is 0 Å². The van der Waals surface area contributed by atoms with Crippen LogP contribution >= 0.6 is 0 Å². The van der Waals surface area contributed by atoms with Crippen LogP contribution in [0.15, 0.2) is 0 Å². The number of ketones is 4. The van der Waals surface area contributed by atoms with Crippen molar-refractivity contribution in [2.75, 3.05) is 0 Å². The molecule has 0 aliphatic heterocycles. The van der Waals surface area contributed by atoms with Crippen LogP contribution in [-0.2, 0) is 45.3 Å². The van der Waals surface area contributed by atoms with Gasteiger partial charge in [-0.3, -0.25) is 9.59 Å². The maximum Gasteiger partial charge on any atom is 2.00 e. The third-order valence-electron chi connectivity index (χ3n) is 1.86. The molecule has 8 nitrogen and oxygen atoms in total. The Balaban J connectivity index is -0.000000295. The topological polar surface area (TPSA) is 149 Å². The third kappa shape index (κ3) is 18.1. The molecule has 0 aromatic rings. The Labute approximate surface area is 130 Å². The fourth-order valence-corrected chi connectivity index (χ4v) is 0.783. The van der Waals surface area contributed by atoms with Gasteiger partial charge in [0.2, 0.25) is 0 Å². The van der Waals surface area contributed by atoms with Gasteiger partial charge in [0.05, 0.1) is 0 Å². The van der Waals surface area contributed by atoms with Crippen molar-refractivity contribution in [1.29, 1.82) is 0 Å². The first kappa shape index (κ1) is 24.2. The van der Waals surface area contributed by atoms with Crippen molar-refractivity contribution >= 4 is 35.1 Å². The van der Waals surface area contributed by atoms with Gasteiger partial charge in [-0.1, -0.05) is 0 Å². The molecule has 0 rings (SSSR count). The van der Waals surface area contributed by atoms with Gasteiger partial charge < -0.3 is 29.4 Å². The van der Waals surface area contributed by atoms with E-state index in [0.29, 0.717) is 0 Å². The zero-order valence-corrected chi connectivity index (χ0v) is 12.4. The summed E-state index contributed by atoms with van der Waals surface area (Å²) in [5.74, 6) is -5.88. The van der Waals surface area contributed by atoms with Crippen molar-refractivity contribution in [2.24, 2.45) is 0 Å². The largest absolute Gasteiger partial charge is 2.00 e. The molecule has 0 spiro atoms. The smallest absolute Gasteiger partial charge is 0.542 e. The van der Waals surface area contributed by atoms with Crippen molar-refractivity contribution in [3.63, 3.8) is 0 Å². The minimum absolute atomic E-state index is 0. The van der Waals surface area contributed by atoms with Crippen LogP contribution < -0.4 is 10.2 Å². The van der Waals surface area contributed by atoms with Crippen molar-refractivity contribution in [1.82, 2.24) is 0 Å². The zero-order chi connectivity index (χ0) is 16.3. The van der Waals surface area contributed by atoms with Crippen molar-refractivity contribution < 1.29 is 55.5 Å². The molecule has 0 N–H and O–H groups in total. The van der Waals surface area contributed by atoms with Crippen molar-refractivity contribution in [3.05, 3.63) is 0 Å². The standard InChI is InChI=1S/2C6H8O4.Ni/c2*1-4(7)2-3-5(8)6(9)10;/h2*2-3H2,1H3,(H,9,10);/q;;+2/p-2. The predicted octanol–water partition coefficient (Wildman–Crippen LogP) is -2.65. The number of carboxylic acids is 2. The van der Waals surface area contributed by atoms with Gasteiger partial charge >= 0.3 is 16.5 Å². The minimum Gasteiger partial charge on any atom is -0.542 e. The molecule has 0 bridgehead atoms. The van der Waals surface area contributed by atoms with Gasteiger partial charge in [0.25, 0.3) is 0 Å². The van der Waals surface area contributed by atoms with E-state index in [1.807, 2.05) is 0 Å². The molecule has 0 unspecified atom stereocenters. The van der Waals surface area contributed by atoms with Gasteiger partial charge in [0.1, 0.15) is 23.5 Å². The maximum absolute atomic E-state index is 10.2. The van der Waals surface area contributed by atoms with Crippen LogP contribution in [0.2, 0.25) is 0 Å². The monoisotopic (exact) mass is 344 g/mol. The van der Waals surface area contributed by atoms with Crippen LogP contribution in [0.3, 0.4) is 0 Å². The first-order valence-electron chi connectivity index (χ1n) is 5.55. The van der Waals surface area contributed by atoms with E-state index in [9.17, 15) is 39.0 Å². The summed E-state index contributed by atoms with van der Waals surface area (Å²) in [6, 6.07) is 0. The average molecular weight is 345 g/mol. The van der Waals surface area contributed by atoms with Crippen LogP contribution in [0.5, 0.6) is 0 Å². The van der Waals surface area contributed by atoms with Crippen molar-refractivity contribution in [3.8, 4) is 0 Å². The SMILES string of the molecule is CC(=O)CCC(=O)C(=O)[O-].CC(=O)CCC(=O)C(=O)[O-].[Ni+2]. The molecule has 0 radical (unpaired) electrons. The second kappa shape index (κ2) is 13.1. The van der Waals surface area contributed by atoms with Gasteiger partial charge in [0.15, 0.2) is 11.6 Å². The summed E-state index contributed by atoms with van der Waals surface area (Å²) in [5, 5.41) is 19.5. The Kier molecular flexibility index (Phi) is 15.1. The van der Waals surface area contributed by atoms with Crippen LogP contribution in [-0.4, -0.2) is 35.1 Å². The van der Waals surface area contributed by atoms with E-state index < -0.39 is 23.5 Å². The number of rotatable bonds is 8. The molecule has 0 aliphatic rings. The normalized spacial score (nSPS) is 8.48. The summed E-state index contributed by atoms with van der Waals surface area (Å²) >= 11 is 0. The number of carbonyl (C=O) groups excluding carboxylic acids is 6. The van der Waals surface area contributed by atoms with Crippen LogP contribution in [0.1, 0.15) is 39.5 Å². The molecule has 0 amide bonds. The molecule has 0 aliphatic carbocycles. The summed E-state index contributed by atoms with van der Waals surface area (Å²) < 4.78 is 0. The average Bonchev–Trinajstić information content (AvgIpc) is 2.33. The summed E-state index contributed by atoms with van der Waals surface area (Å²) in [5.41, 5.74) is 0. The second-order valence-corrected chi connectivity index (χ2v) is 3.83. The number of hydrogen-bond acceptors (Lipinski definition) is 8. The van der Waals surface area contributed by atoms with Crippen molar-refractivity contribution in [2.45, 2.75) is 39.5 Å². The number of carboxylic acid groups (broad SMARTS) is 2. The molecule has 0 aromatic carbocycles. The van der Waals surface area contributed by atoms with E-state index in [0.717, 1.165) is 0 Å². The summed E-state index contributed by atoms with van der Waals surface area (Å²) in [4.78, 5) is 60.4. The van der Waals surface area contributed by atoms with E-state index in [2.05, 4.69) is 0 Å². The zero-order valence-electron chi connectivity index (χ0n) is 11.4. The first-order valence-corrected chi connectivity index (χ1v) is 5.55. The maximum atomic E-state index is 10.2. The van der Waals surface area contributed by atoms with Gasteiger partial charge in [-0.2, -0.15) is 0 Å². The van der Waals surface area contributed by atoms with E-state index in [4.69, 9.17) is 0 Å². The number of hydrogen-bond donors (Lipinski definition) is 0. The molecule has 120 valence electrons. The molecule has 21 heavy (non-hydrogen) atoms. The molecule has 0 heterocycles. The molecular weight excluding hydrogens is 331 g/mol. The van der Waals surface area contributed by atoms with Gasteiger partial charge in [-0.05, 0) is 13.8 Å². The summed E-state index contributed by atoms with van der Waals surface area (Å²) in [7, 11) is 0. The summed E-state index contributed by atoms with van der Waals surface area (Å²) in [6.45, 7) is 2.59. The molecule has 9 heteroatoms. The Morgan fingerprint density at radius 3 is 1.00 bits per heavy atom. The molecule has 0 saturated carbocycles. The number of carbonyl (C=O) groups is 6.